The molecule has 0 unspecified atom stereocenters. The first kappa shape index (κ1) is 25.6. The van der Waals surface area contributed by atoms with E-state index in [1.165, 1.54) is 5.57 Å². The minimum Gasteiger partial charge on any atom is -0.409 e. The van der Waals surface area contributed by atoms with Crippen molar-refractivity contribution < 1.29 is 9.53 Å². The lowest BCUT2D eigenvalue weighted by Gasteiger charge is -2.46. The highest BCUT2D eigenvalue weighted by Crippen LogP contribution is 2.44. The standard InChI is InChI=1S/C23H46O2Si/c1-12-19(8)13-21(10)23(22(11)14-20(9)15-24)25-26(16(2)3,17(4)5)18(6)7/h13-14,16-19,22-24H,12,15H2,1-11H3/b20-14+,21-13+/t19-,22+,23-/m0/s1. The van der Waals surface area contributed by atoms with Crippen molar-refractivity contribution >= 4 is 8.32 Å². The van der Waals surface area contributed by atoms with Crippen molar-refractivity contribution in [2.24, 2.45) is 11.8 Å². The zero-order valence-corrected chi connectivity index (χ0v) is 20.4. The average molecular weight is 383 g/mol. The van der Waals surface area contributed by atoms with Gasteiger partial charge in [-0.1, -0.05) is 86.5 Å². The summed E-state index contributed by atoms with van der Waals surface area (Å²) in [4.78, 5) is 0. The van der Waals surface area contributed by atoms with Crippen LogP contribution in [0.5, 0.6) is 0 Å². The first-order valence-electron chi connectivity index (χ1n) is 10.6. The molecule has 26 heavy (non-hydrogen) atoms. The summed E-state index contributed by atoms with van der Waals surface area (Å²) in [7, 11) is -1.97. The van der Waals surface area contributed by atoms with Gasteiger partial charge in [0.25, 0.3) is 0 Å². The molecule has 0 saturated carbocycles. The molecule has 0 fully saturated rings. The highest BCUT2D eigenvalue weighted by molar-refractivity contribution is 6.77. The molecule has 154 valence electrons. The fourth-order valence-corrected chi connectivity index (χ4v) is 10.2. The van der Waals surface area contributed by atoms with E-state index in [4.69, 9.17) is 4.43 Å². The topological polar surface area (TPSA) is 29.5 Å². The number of rotatable bonds is 11. The van der Waals surface area contributed by atoms with Crippen LogP contribution in [0.2, 0.25) is 16.6 Å². The van der Waals surface area contributed by atoms with Gasteiger partial charge in [-0.25, -0.2) is 0 Å². The second-order valence-corrected chi connectivity index (χ2v) is 14.6. The molecular weight excluding hydrogens is 336 g/mol. The number of hydrogen-bond acceptors (Lipinski definition) is 2. The summed E-state index contributed by atoms with van der Waals surface area (Å²) < 4.78 is 7.18. The summed E-state index contributed by atoms with van der Waals surface area (Å²) in [6, 6.07) is 0. The maximum Gasteiger partial charge on any atom is 0.201 e. The number of hydrogen-bond donors (Lipinski definition) is 1. The van der Waals surface area contributed by atoms with Crippen LogP contribution >= 0.6 is 0 Å². The van der Waals surface area contributed by atoms with Crippen LogP contribution in [0.1, 0.15) is 82.6 Å². The molecule has 3 heteroatoms. The molecule has 2 nitrogen and oxygen atoms in total. The van der Waals surface area contributed by atoms with Crippen molar-refractivity contribution in [1.29, 1.82) is 0 Å². The lowest BCUT2D eigenvalue weighted by Crippen LogP contribution is -2.51. The Morgan fingerprint density at radius 3 is 1.69 bits per heavy atom. The van der Waals surface area contributed by atoms with Crippen LogP contribution in [0.3, 0.4) is 0 Å². The maximum absolute atomic E-state index is 9.47. The summed E-state index contributed by atoms with van der Waals surface area (Å²) in [5, 5.41) is 9.47. The first-order chi connectivity index (χ1) is 11.9. The monoisotopic (exact) mass is 382 g/mol. The van der Waals surface area contributed by atoms with Gasteiger partial charge in [-0.05, 0) is 42.0 Å². The van der Waals surface area contributed by atoms with Gasteiger partial charge in [0, 0.05) is 5.92 Å². The summed E-state index contributed by atoms with van der Waals surface area (Å²) in [6.07, 6.45) is 5.82. The molecule has 0 aliphatic rings. The van der Waals surface area contributed by atoms with Crippen molar-refractivity contribution in [1.82, 2.24) is 0 Å². The van der Waals surface area contributed by atoms with E-state index in [0.717, 1.165) is 12.0 Å². The molecule has 0 aromatic carbocycles. The van der Waals surface area contributed by atoms with Crippen LogP contribution in [0, 0.1) is 11.8 Å². The molecular formula is C23H46O2Si. The Bertz CT molecular complexity index is 441. The Morgan fingerprint density at radius 2 is 1.35 bits per heavy atom. The highest BCUT2D eigenvalue weighted by atomic mass is 28.4. The second-order valence-electron chi connectivity index (χ2n) is 9.18. The predicted octanol–water partition coefficient (Wildman–Crippen LogP) is 7.11. The molecule has 0 bridgehead atoms. The Kier molecular flexibility index (Phi) is 11.3. The highest BCUT2D eigenvalue weighted by Gasteiger charge is 2.47. The Hall–Kier alpha value is -0.383. The summed E-state index contributed by atoms with van der Waals surface area (Å²) >= 11 is 0. The molecule has 0 heterocycles. The normalized spacial score (nSPS) is 18.0. The number of allylic oxidation sites excluding steroid dienone is 1. The molecule has 0 amide bonds. The average Bonchev–Trinajstić information content (AvgIpc) is 2.53. The van der Waals surface area contributed by atoms with Crippen LogP contribution in [0.25, 0.3) is 0 Å². The molecule has 0 radical (unpaired) electrons. The van der Waals surface area contributed by atoms with Gasteiger partial charge >= 0.3 is 0 Å². The third-order valence-corrected chi connectivity index (χ3v) is 12.0. The van der Waals surface area contributed by atoms with Crippen LogP contribution < -0.4 is 0 Å². The maximum atomic E-state index is 9.47. The van der Waals surface area contributed by atoms with Gasteiger partial charge < -0.3 is 9.53 Å². The molecule has 0 spiro atoms. The van der Waals surface area contributed by atoms with E-state index in [9.17, 15) is 5.11 Å². The van der Waals surface area contributed by atoms with Gasteiger partial charge in [0.05, 0.1) is 12.7 Å². The quantitative estimate of drug-likeness (QED) is 0.304. The fraction of sp³-hybridized carbons (Fsp3) is 0.826. The largest absolute Gasteiger partial charge is 0.409 e. The minimum atomic E-state index is -1.97. The van der Waals surface area contributed by atoms with Crippen molar-refractivity contribution in [3.8, 4) is 0 Å². The first-order valence-corrected chi connectivity index (χ1v) is 12.7. The van der Waals surface area contributed by atoms with Gasteiger partial charge in [-0.15, -0.1) is 0 Å². The fourth-order valence-electron chi connectivity index (χ4n) is 4.49. The molecule has 0 saturated heterocycles. The molecule has 0 aliphatic carbocycles. The van der Waals surface area contributed by atoms with Crippen LogP contribution in [0.4, 0.5) is 0 Å². The van der Waals surface area contributed by atoms with Crippen molar-refractivity contribution in [2.45, 2.75) is 105 Å². The van der Waals surface area contributed by atoms with E-state index in [-0.39, 0.29) is 18.6 Å². The second kappa shape index (κ2) is 11.5. The van der Waals surface area contributed by atoms with Crippen LogP contribution in [-0.2, 0) is 4.43 Å². The third kappa shape index (κ3) is 6.65. The van der Waals surface area contributed by atoms with Gasteiger partial charge in [0.2, 0.25) is 8.32 Å². The van der Waals surface area contributed by atoms with E-state index in [0.29, 0.717) is 22.5 Å². The van der Waals surface area contributed by atoms with Crippen molar-refractivity contribution in [3.05, 3.63) is 23.3 Å². The van der Waals surface area contributed by atoms with E-state index in [1.807, 2.05) is 6.92 Å². The zero-order chi connectivity index (χ0) is 20.7. The molecule has 1 N–H and O–H groups in total. The predicted molar refractivity (Wildman–Crippen MR) is 119 cm³/mol. The van der Waals surface area contributed by atoms with Crippen molar-refractivity contribution in [3.63, 3.8) is 0 Å². The summed E-state index contributed by atoms with van der Waals surface area (Å²) in [5.74, 6) is 0.815. The smallest absolute Gasteiger partial charge is 0.201 e. The van der Waals surface area contributed by atoms with Crippen LogP contribution in [0.15, 0.2) is 23.3 Å². The number of aliphatic hydroxyl groups excluding tert-OH is 1. The van der Waals surface area contributed by atoms with Crippen molar-refractivity contribution in [2.75, 3.05) is 6.61 Å². The van der Waals surface area contributed by atoms with E-state index >= 15 is 0 Å². The third-order valence-electron chi connectivity index (χ3n) is 5.95. The molecule has 0 rings (SSSR count). The number of aliphatic hydroxyl groups is 1. The summed E-state index contributed by atoms with van der Waals surface area (Å²) in [6.45, 7) is 25.2. The van der Waals surface area contributed by atoms with Gasteiger partial charge in [-0.3, -0.25) is 0 Å². The molecule has 0 aromatic heterocycles. The minimum absolute atomic E-state index is 0.0874. The molecule has 0 aliphatic heterocycles. The van der Waals surface area contributed by atoms with E-state index < -0.39 is 8.32 Å². The summed E-state index contributed by atoms with van der Waals surface area (Å²) in [5.41, 5.74) is 4.06. The van der Waals surface area contributed by atoms with Gasteiger partial charge in [0.15, 0.2) is 0 Å². The van der Waals surface area contributed by atoms with E-state index in [2.05, 4.69) is 81.4 Å². The lowest BCUT2D eigenvalue weighted by atomic mass is 9.93. The Morgan fingerprint density at radius 1 is 0.885 bits per heavy atom. The molecule has 0 aromatic rings. The Balaban J connectivity index is 6.10. The van der Waals surface area contributed by atoms with E-state index in [1.54, 1.807) is 0 Å². The SMILES string of the molecule is CC[C@H](C)/C=C(\C)[C@H](O[Si](C(C)C)(C(C)C)C(C)C)[C@H](C)/C=C(\C)CO. The van der Waals surface area contributed by atoms with Gasteiger partial charge in [-0.2, -0.15) is 0 Å². The molecule has 3 atom stereocenters. The van der Waals surface area contributed by atoms with Gasteiger partial charge in [0.1, 0.15) is 0 Å². The lowest BCUT2D eigenvalue weighted by molar-refractivity contribution is 0.170. The zero-order valence-electron chi connectivity index (χ0n) is 19.4. The Labute approximate surface area is 165 Å². The van der Waals surface area contributed by atoms with Crippen LogP contribution in [-0.4, -0.2) is 26.1 Å².